The lowest BCUT2D eigenvalue weighted by molar-refractivity contribution is 0.107. The second-order valence-electron chi connectivity index (χ2n) is 6.68. The van der Waals surface area contributed by atoms with Crippen LogP contribution in [0.15, 0.2) is 35.1 Å². The summed E-state index contributed by atoms with van der Waals surface area (Å²) >= 11 is 0. The third-order valence-electron chi connectivity index (χ3n) is 5.24. The van der Waals surface area contributed by atoms with E-state index in [2.05, 4.69) is 0 Å². The van der Waals surface area contributed by atoms with Crippen LogP contribution in [0.5, 0.6) is 17.2 Å². The number of ether oxygens (including phenoxy) is 3. The summed E-state index contributed by atoms with van der Waals surface area (Å²) in [6.45, 7) is 0.557. The van der Waals surface area contributed by atoms with E-state index in [0.717, 1.165) is 18.6 Å². The standard InChI is InChI=1S/C20H25NO6/c1-25-14-4-5-15-13(11-14)6-7-21(20(24)27-3)16(15)8-12-9-17(22)19(26-2)18(23)10-12/h4,9-10,16,22-23H,5-8,11H2,1-3H3/t16-/m1/s1. The molecule has 7 heteroatoms. The number of aromatic hydroxyl groups is 2. The van der Waals surface area contributed by atoms with Crippen LogP contribution < -0.4 is 4.74 Å². The van der Waals surface area contributed by atoms with E-state index in [9.17, 15) is 15.0 Å². The highest BCUT2D eigenvalue weighted by Gasteiger charge is 2.34. The van der Waals surface area contributed by atoms with E-state index >= 15 is 0 Å². The van der Waals surface area contributed by atoms with Gasteiger partial charge in [0.2, 0.25) is 5.75 Å². The average Bonchev–Trinajstić information content (AvgIpc) is 2.67. The van der Waals surface area contributed by atoms with E-state index in [1.165, 1.54) is 25.4 Å². The molecule has 1 heterocycles. The molecule has 1 aliphatic carbocycles. The molecule has 1 atom stereocenters. The zero-order chi connectivity index (χ0) is 19.6. The Hall–Kier alpha value is -2.83. The summed E-state index contributed by atoms with van der Waals surface area (Å²) in [6, 6.07) is 2.91. The van der Waals surface area contributed by atoms with Gasteiger partial charge < -0.3 is 29.3 Å². The predicted octanol–water partition coefficient (Wildman–Crippen LogP) is 3.11. The summed E-state index contributed by atoms with van der Waals surface area (Å²) in [5, 5.41) is 20.2. The molecule has 0 saturated heterocycles. The molecule has 3 rings (SSSR count). The third-order valence-corrected chi connectivity index (χ3v) is 5.24. The van der Waals surface area contributed by atoms with Gasteiger partial charge in [0.25, 0.3) is 0 Å². The second kappa shape index (κ2) is 7.82. The van der Waals surface area contributed by atoms with E-state index in [4.69, 9.17) is 14.2 Å². The predicted molar refractivity (Wildman–Crippen MR) is 98.9 cm³/mol. The van der Waals surface area contributed by atoms with Crippen molar-refractivity contribution in [2.75, 3.05) is 27.9 Å². The van der Waals surface area contributed by atoms with Crippen molar-refractivity contribution >= 4 is 6.09 Å². The molecule has 0 saturated carbocycles. The maximum atomic E-state index is 12.3. The third kappa shape index (κ3) is 3.67. The highest BCUT2D eigenvalue weighted by molar-refractivity contribution is 5.69. The molecule has 1 aliphatic heterocycles. The number of hydrogen-bond acceptors (Lipinski definition) is 6. The molecule has 2 aliphatic rings. The van der Waals surface area contributed by atoms with Gasteiger partial charge in [-0.1, -0.05) is 5.57 Å². The minimum atomic E-state index is -0.380. The molecule has 0 fully saturated rings. The van der Waals surface area contributed by atoms with Crippen LogP contribution in [0.25, 0.3) is 0 Å². The summed E-state index contributed by atoms with van der Waals surface area (Å²) < 4.78 is 15.3. The largest absolute Gasteiger partial charge is 0.504 e. The van der Waals surface area contributed by atoms with E-state index in [0.29, 0.717) is 24.9 Å². The zero-order valence-corrected chi connectivity index (χ0v) is 15.8. The van der Waals surface area contributed by atoms with Gasteiger partial charge in [0.1, 0.15) is 0 Å². The number of methoxy groups -OCH3 is 3. The number of allylic oxidation sites excluding steroid dienone is 2. The number of phenols is 2. The van der Waals surface area contributed by atoms with E-state index < -0.39 is 0 Å². The fourth-order valence-corrected chi connectivity index (χ4v) is 3.91. The Bertz CT molecular complexity index is 775. The Morgan fingerprint density at radius 3 is 2.48 bits per heavy atom. The molecule has 0 aromatic heterocycles. The highest BCUT2D eigenvalue weighted by Crippen LogP contribution is 2.40. The first kappa shape index (κ1) is 18.9. The van der Waals surface area contributed by atoms with Gasteiger partial charge in [0.05, 0.1) is 33.1 Å². The molecule has 2 N–H and O–H groups in total. The van der Waals surface area contributed by atoms with Crippen molar-refractivity contribution in [3.8, 4) is 17.2 Å². The molecule has 0 spiro atoms. The minimum absolute atomic E-state index is 0.0393. The van der Waals surface area contributed by atoms with Crippen LogP contribution in [0.1, 0.15) is 24.8 Å². The van der Waals surface area contributed by atoms with Gasteiger partial charge in [-0.05, 0) is 48.6 Å². The average molecular weight is 375 g/mol. The molecule has 0 radical (unpaired) electrons. The Labute approximate surface area is 158 Å². The van der Waals surface area contributed by atoms with Crippen molar-refractivity contribution in [2.45, 2.75) is 31.7 Å². The summed E-state index contributed by atoms with van der Waals surface area (Å²) in [5.74, 6) is 0.718. The Morgan fingerprint density at radius 1 is 1.19 bits per heavy atom. The van der Waals surface area contributed by atoms with Crippen LogP contribution in [0.4, 0.5) is 4.79 Å². The van der Waals surface area contributed by atoms with Gasteiger partial charge in [-0.15, -0.1) is 0 Å². The number of hydrogen-bond donors (Lipinski definition) is 2. The smallest absolute Gasteiger partial charge is 0.410 e. The quantitative estimate of drug-likeness (QED) is 0.786. The molecule has 146 valence electrons. The molecule has 7 nitrogen and oxygen atoms in total. The number of rotatable bonds is 4. The fraction of sp³-hybridized carbons (Fsp3) is 0.450. The van der Waals surface area contributed by atoms with Gasteiger partial charge in [0.15, 0.2) is 11.5 Å². The Morgan fingerprint density at radius 2 is 1.89 bits per heavy atom. The number of nitrogens with zero attached hydrogens (tertiary/aromatic N) is 1. The van der Waals surface area contributed by atoms with Crippen molar-refractivity contribution in [2.24, 2.45) is 0 Å². The first-order chi connectivity index (χ1) is 13.0. The Balaban J connectivity index is 1.94. The lowest BCUT2D eigenvalue weighted by atomic mass is 9.82. The molecule has 1 amide bonds. The van der Waals surface area contributed by atoms with Gasteiger partial charge >= 0.3 is 6.09 Å². The first-order valence-corrected chi connectivity index (χ1v) is 8.85. The number of phenolic OH excluding ortho intramolecular Hbond substituents is 2. The van der Waals surface area contributed by atoms with Crippen LogP contribution in [-0.2, 0) is 15.9 Å². The first-order valence-electron chi connectivity index (χ1n) is 8.85. The summed E-state index contributed by atoms with van der Waals surface area (Å²) in [7, 11) is 4.42. The monoisotopic (exact) mass is 375 g/mol. The molecule has 1 aromatic rings. The highest BCUT2D eigenvalue weighted by atomic mass is 16.5. The fourth-order valence-electron chi connectivity index (χ4n) is 3.91. The number of benzene rings is 1. The van der Waals surface area contributed by atoms with Crippen LogP contribution in [-0.4, -0.2) is 55.1 Å². The number of amides is 1. The minimum Gasteiger partial charge on any atom is -0.504 e. The van der Waals surface area contributed by atoms with E-state index in [-0.39, 0.29) is 29.4 Å². The van der Waals surface area contributed by atoms with Crippen molar-refractivity contribution < 1.29 is 29.2 Å². The van der Waals surface area contributed by atoms with Crippen LogP contribution >= 0.6 is 0 Å². The van der Waals surface area contributed by atoms with Gasteiger partial charge in [-0.2, -0.15) is 0 Å². The summed E-state index contributed by atoms with van der Waals surface area (Å²) in [6.07, 6.45) is 4.34. The molecule has 0 unspecified atom stereocenters. The summed E-state index contributed by atoms with van der Waals surface area (Å²) in [4.78, 5) is 14.0. The molecular formula is C20H25NO6. The van der Waals surface area contributed by atoms with Crippen LogP contribution in [0.2, 0.25) is 0 Å². The second-order valence-corrected chi connectivity index (χ2v) is 6.68. The Kier molecular flexibility index (Phi) is 5.48. The summed E-state index contributed by atoms with van der Waals surface area (Å²) in [5.41, 5.74) is 3.16. The molecule has 0 bridgehead atoms. The van der Waals surface area contributed by atoms with E-state index in [1.807, 2.05) is 6.08 Å². The van der Waals surface area contributed by atoms with Gasteiger partial charge in [0, 0.05) is 13.0 Å². The zero-order valence-electron chi connectivity index (χ0n) is 15.8. The number of carbonyl (C=O) groups excluding carboxylic acids is 1. The van der Waals surface area contributed by atoms with Crippen molar-refractivity contribution in [1.82, 2.24) is 4.90 Å². The maximum absolute atomic E-state index is 12.3. The normalized spacial score (nSPS) is 19.3. The SMILES string of the molecule is COC(=O)N1CCC2=C(CC=C(OC)C2)[C@H]1Cc1cc(O)c(OC)c(O)c1. The lowest BCUT2D eigenvalue weighted by Crippen LogP contribution is -2.46. The lowest BCUT2D eigenvalue weighted by Gasteiger charge is -2.39. The van der Waals surface area contributed by atoms with Crippen LogP contribution in [0, 0.1) is 0 Å². The maximum Gasteiger partial charge on any atom is 0.410 e. The topological polar surface area (TPSA) is 88.5 Å². The molecule has 1 aromatic carbocycles. The van der Waals surface area contributed by atoms with Gasteiger partial charge in [-0.3, -0.25) is 0 Å². The van der Waals surface area contributed by atoms with E-state index in [1.54, 1.807) is 24.1 Å². The molecular weight excluding hydrogens is 350 g/mol. The number of carbonyl (C=O) groups is 1. The van der Waals surface area contributed by atoms with Gasteiger partial charge in [-0.25, -0.2) is 4.79 Å². The van der Waals surface area contributed by atoms with Crippen molar-refractivity contribution in [3.05, 3.63) is 40.7 Å². The van der Waals surface area contributed by atoms with Crippen molar-refractivity contribution in [3.63, 3.8) is 0 Å². The molecule has 27 heavy (non-hydrogen) atoms. The van der Waals surface area contributed by atoms with Crippen LogP contribution in [0.3, 0.4) is 0 Å². The van der Waals surface area contributed by atoms with Crippen molar-refractivity contribution in [1.29, 1.82) is 0 Å².